The van der Waals surface area contributed by atoms with Crippen LogP contribution in [0.25, 0.3) is 0 Å². The molecule has 5 heteroatoms. The Labute approximate surface area is 126 Å². The second-order valence-electron chi connectivity index (χ2n) is 6.31. The summed E-state index contributed by atoms with van der Waals surface area (Å²) in [6, 6.07) is 2.52. The van der Waals surface area contributed by atoms with Crippen LogP contribution in [0.5, 0.6) is 0 Å². The van der Waals surface area contributed by atoms with Crippen molar-refractivity contribution >= 4 is 5.91 Å². The van der Waals surface area contributed by atoms with Crippen molar-refractivity contribution in [2.75, 3.05) is 20.3 Å². The van der Waals surface area contributed by atoms with Gasteiger partial charge >= 0.3 is 0 Å². The summed E-state index contributed by atoms with van der Waals surface area (Å²) in [5.74, 6) is -0.0944. The van der Waals surface area contributed by atoms with Crippen molar-refractivity contribution in [2.24, 2.45) is 0 Å². The van der Waals surface area contributed by atoms with Crippen molar-refractivity contribution in [3.63, 3.8) is 0 Å². The standard InChI is InChI=1S/C16H26N2O3/c1-11-9-14(12(2)18(11)13-5-6-13)15(20)17-16(3,7-8-19)10-21-4/h9,13,19H,5-8,10H2,1-4H3,(H,17,20). The lowest BCUT2D eigenvalue weighted by molar-refractivity contribution is 0.0725. The van der Waals surface area contributed by atoms with Crippen molar-refractivity contribution < 1.29 is 14.6 Å². The molecule has 1 aromatic rings. The maximum Gasteiger partial charge on any atom is 0.253 e. The van der Waals surface area contributed by atoms with Crippen molar-refractivity contribution in [3.8, 4) is 0 Å². The average Bonchev–Trinajstić information content (AvgIpc) is 3.16. The highest BCUT2D eigenvalue weighted by Gasteiger charge is 2.31. The molecule has 0 radical (unpaired) electrons. The van der Waals surface area contributed by atoms with E-state index in [0.29, 0.717) is 19.1 Å². The zero-order valence-electron chi connectivity index (χ0n) is 13.4. The van der Waals surface area contributed by atoms with Crippen LogP contribution in [-0.4, -0.2) is 41.4 Å². The van der Waals surface area contributed by atoms with Gasteiger partial charge in [0.1, 0.15) is 0 Å². The summed E-state index contributed by atoms with van der Waals surface area (Å²) < 4.78 is 7.43. The van der Waals surface area contributed by atoms with Gasteiger partial charge < -0.3 is 19.7 Å². The minimum Gasteiger partial charge on any atom is -0.396 e. The molecular weight excluding hydrogens is 268 g/mol. The minimum atomic E-state index is -0.553. The van der Waals surface area contributed by atoms with E-state index < -0.39 is 5.54 Å². The van der Waals surface area contributed by atoms with Crippen LogP contribution in [0.2, 0.25) is 0 Å². The molecule has 118 valence electrons. The van der Waals surface area contributed by atoms with Gasteiger partial charge in [-0.05, 0) is 46.1 Å². The number of hydrogen-bond acceptors (Lipinski definition) is 3. The predicted octanol–water partition coefficient (Wildman–Crippen LogP) is 1.96. The Balaban J connectivity index is 2.18. The maximum absolute atomic E-state index is 12.6. The van der Waals surface area contributed by atoms with Crippen molar-refractivity contribution in [1.82, 2.24) is 9.88 Å². The highest BCUT2D eigenvalue weighted by Crippen LogP contribution is 2.38. The lowest BCUT2D eigenvalue weighted by atomic mass is 9.98. The van der Waals surface area contributed by atoms with Crippen LogP contribution < -0.4 is 5.32 Å². The number of aryl methyl sites for hydroxylation is 1. The normalized spacial score (nSPS) is 17.6. The Morgan fingerprint density at radius 3 is 2.71 bits per heavy atom. The highest BCUT2D eigenvalue weighted by molar-refractivity contribution is 5.96. The van der Waals surface area contributed by atoms with Crippen LogP contribution in [0.1, 0.15) is 54.0 Å². The molecule has 21 heavy (non-hydrogen) atoms. The summed E-state index contributed by atoms with van der Waals surface area (Å²) in [4.78, 5) is 12.6. The number of ether oxygens (including phenoxy) is 1. The van der Waals surface area contributed by atoms with E-state index in [1.54, 1.807) is 7.11 Å². The largest absolute Gasteiger partial charge is 0.396 e. The summed E-state index contributed by atoms with van der Waals surface area (Å²) in [5, 5.41) is 12.2. The van der Waals surface area contributed by atoms with Crippen LogP contribution in [0.15, 0.2) is 6.07 Å². The van der Waals surface area contributed by atoms with Gasteiger partial charge in [0.15, 0.2) is 0 Å². The first-order chi connectivity index (χ1) is 9.91. The van der Waals surface area contributed by atoms with Gasteiger partial charge in [-0.2, -0.15) is 0 Å². The molecule has 0 bridgehead atoms. The molecule has 1 unspecified atom stereocenters. The number of rotatable bonds is 7. The third-order valence-electron chi connectivity index (χ3n) is 4.18. The first-order valence-electron chi connectivity index (χ1n) is 7.52. The van der Waals surface area contributed by atoms with Gasteiger partial charge in [0, 0.05) is 31.1 Å². The Hall–Kier alpha value is -1.33. The number of methoxy groups -OCH3 is 1. The molecule has 2 N–H and O–H groups in total. The molecule has 5 nitrogen and oxygen atoms in total. The number of nitrogens with one attached hydrogen (secondary N) is 1. The Bertz CT molecular complexity index is 512. The van der Waals surface area contributed by atoms with E-state index in [9.17, 15) is 9.90 Å². The van der Waals surface area contributed by atoms with Crippen LogP contribution in [-0.2, 0) is 4.74 Å². The molecular formula is C16H26N2O3. The molecule has 1 fully saturated rings. The van der Waals surface area contributed by atoms with Gasteiger partial charge in [0.25, 0.3) is 5.91 Å². The van der Waals surface area contributed by atoms with Gasteiger partial charge in [-0.15, -0.1) is 0 Å². The van der Waals surface area contributed by atoms with Gasteiger partial charge in [-0.3, -0.25) is 4.79 Å². The number of aliphatic hydroxyl groups excluding tert-OH is 1. The molecule has 1 aromatic heterocycles. The summed E-state index contributed by atoms with van der Waals surface area (Å²) in [5.41, 5.74) is 2.33. The number of carbonyl (C=O) groups is 1. The topological polar surface area (TPSA) is 63.5 Å². The van der Waals surface area contributed by atoms with E-state index in [0.717, 1.165) is 17.0 Å². The number of aromatic nitrogens is 1. The molecule has 0 spiro atoms. The van der Waals surface area contributed by atoms with Crippen LogP contribution in [0.4, 0.5) is 0 Å². The van der Waals surface area contributed by atoms with E-state index in [4.69, 9.17) is 4.74 Å². The summed E-state index contributed by atoms with van der Waals surface area (Å²) in [7, 11) is 1.60. The first-order valence-corrected chi connectivity index (χ1v) is 7.52. The molecule has 0 saturated heterocycles. The fourth-order valence-electron chi connectivity index (χ4n) is 2.98. The Morgan fingerprint density at radius 1 is 1.52 bits per heavy atom. The van der Waals surface area contributed by atoms with Crippen LogP contribution in [0, 0.1) is 13.8 Å². The lowest BCUT2D eigenvalue weighted by Gasteiger charge is -2.29. The molecule has 2 rings (SSSR count). The van der Waals surface area contributed by atoms with Crippen LogP contribution >= 0.6 is 0 Å². The predicted molar refractivity (Wildman–Crippen MR) is 81.6 cm³/mol. The van der Waals surface area contributed by atoms with E-state index in [-0.39, 0.29) is 12.5 Å². The SMILES string of the molecule is COCC(C)(CCO)NC(=O)c1cc(C)n(C2CC2)c1C. The van der Waals surface area contributed by atoms with Crippen molar-refractivity contribution in [1.29, 1.82) is 0 Å². The number of hydrogen-bond donors (Lipinski definition) is 2. The van der Waals surface area contributed by atoms with Gasteiger partial charge in [-0.1, -0.05) is 0 Å². The zero-order chi connectivity index (χ0) is 15.6. The molecule has 1 saturated carbocycles. The highest BCUT2D eigenvalue weighted by atomic mass is 16.5. The fourth-order valence-corrected chi connectivity index (χ4v) is 2.98. The molecule has 0 aromatic carbocycles. The second kappa shape index (κ2) is 6.20. The smallest absolute Gasteiger partial charge is 0.253 e. The average molecular weight is 294 g/mol. The monoisotopic (exact) mass is 294 g/mol. The number of carbonyl (C=O) groups excluding carboxylic acids is 1. The molecule has 1 aliphatic carbocycles. The molecule has 1 aliphatic rings. The van der Waals surface area contributed by atoms with Crippen molar-refractivity contribution in [3.05, 3.63) is 23.0 Å². The van der Waals surface area contributed by atoms with E-state index in [2.05, 4.69) is 9.88 Å². The first kappa shape index (κ1) is 16.0. The fraction of sp³-hybridized carbons (Fsp3) is 0.688. The minimum absolute atomic E-state index is 0.0151. The number of amides is 1. The number of nitrogens with zero attached hydrogens (tertiary/aromatic N) is 1. The maximum atomic E-state index is 12.6. The summed E-state index contributed by atoms with van der Waals surface area (Å²) >= 11 is 0. The van der Waals surface area contributed by atoms with E-state index >= 15 is 0 Å². The van der Waals surface area contributed by atoms with E-state index in [1.165, 1.54) is 12.8 Å². The summed E-state index contributed by atoms with van der Waals surface area (Å²) in [6.07, 6.45) is 2.86. The Kier molecular flexibility index (Phi) is 4.74. The van der Waals surface area contributed by atoms with E-state index in [1.807, 2.05) is 26.8 Å². The summed E-state index contributed by atoms with van der Waals surface area (Å²) in [6.45, 7) is 6.33. The molecule has 1 amide bonds. The quantitative estimate of drug-likeness (QED) is 0.808. The van der Waals surface area contributed by atoms with Gasteiger partial charge in [0.05, 0.1) is 17.7 Å². The van der Waals surface area contributed by atoms with Crippen molar-refractivity contribution in [2.45, 2.75) is 51.6 Å². The Morgan fingerprint density at radius 2 is 2.19 bits per heavy atom. The van der Waals surface area contributed by atoms with Gasteiger partial charge in [0.2, 0.25) is 0 Å². The molecule has 0 aliphatic heterocycles. The zero-order valence-corrected chi connectivity index (χ0v) is 13.4. The lowest BCUT2D eigenvalue weighted by Crippen LogP contribution is -2.50. The second-order valence-corrected chi connectivity index (χ2v) is 6.31. The third kappa shape index (κ3) is 3.47. The third-order valence-corrected chi connectivity index (χ3v) is 4.18. The number of aliphatic hydroxyl groups is 1. The molecule has 1 atom stereocenters. The van der Waals surface area contributed by atoms with Crippen LogP contribution in [0.3, 0.4) is 0 Å². The molecule has 1 heterocycles. The van der Waals surface area contributed by atoms with Gasteiger partial charge in [-0.25, -0.2) is 0 Å².